The number of urea groups is 1. The van der Waals surface area contributed by atoms with Crippen LogP contribution in [0.5, 0.6) is 5.75 Å². The van der Waals surface area contributed by atoms with Crippen LogP contribution in [0.1, 0.15) is 11.1 Å². The van der Waals surface area contributed by atoms with Crippen LogP contribution in [-0.2, 0) is 6.42 Å². The molecule has 2 aromatic carbocycles. The van der Waals surface area contributed by atoms with Crippen molar-refractivity contribution in [2.45, 2.75) is 13.3 Å². The minimum absolute atomic E-state index is 0.266. The molecule has 6 heteroatoms. The van der Waals surface area contributed by atoms with Gasteiger partial charge in [0.25, 0.3) is 0 Å². The van der Waals surface area contributed by atoms with E-state index in [-0.39, 0.29) is 11.8 Å². The molecular formula is C18H20ClFN2O2. The molecule has 2 amide bonds. The number of carbonyl (C=O) groups excluding carboxylic acids is 1. The smallest absolute Gasteiger partial charge is 0.314 e. The van der Waals surface area contributed by atoms with E-state index in [1.54, 1.807) is 18.2 Å². The van der Waals surface area contributed by atoms with Crippen molar-refractivity contribution in [1.82, 2.24) is 10.6 Å². The van der Waals surface area contributed by atoms with E-state index in [9.17, 15) is 9.18 Å². The van der Waals surface area contributed by atoms with Gasteiger partial charge in [-0.05, 0) is 48.7 Å². The number of halogens is 2. The molecule has 24 heavy (non-hydrogen) atoms. The Hall–Kier alpha value is -2.27. The summed E-state index contributed by atoms with van der Waals surface area (Å²) < 4.78 is 18.3. The van der Waals surface area contributed by atoms with Gasteiger partial charge in [-0.2, -0.15) is 0 Å². The van der Waals surface area contributed by atoms with Crippen molar-refractivity contribution in [2.24, 2.45) is 0 Å². The van der Waals surface area contributed by atoms with E-state index in [0.717, 1.165) is 11.1 Å². The van der Waals surface area contributed by atoms with Gasteiger partial charge in [-0.25, -0.2) is 9.18 Å². The molecule has 0 aromatic heterocycles. The Balaban J connectivity index is 1.61. The van der Waals surface area contributed by atoms with Gasteiger partial charge in [0.1, 0.15) is 18.2 Å². The Kier molecular flexibility index (Phi) is 6.88. The lowest BCUT2D eigenvalue weighted by Gasteiger charge is -2.10. The lowest BCUT2D eigenvalue weighted by Crippen LogP contribution is -2.38. The molecule has 4 nitrogen and oxygen atoms in total. The molecular weight excluding hydrogens is 331 g/mol. The zero-order chi connectivity index (χ0) is 17.4. The molecule has 0 heterocycles. The SMILES string of the molecule is Cc1ccc(Cl)c(OCCNC(=O)NCCc2ccc(F)cc2)c1. The Morgan fingerprint density at radius 3 is 2.58 bits per heavy atom. The summed E-state index contributed by atoms with van der Waals surface area (Å²) in [5.41, 5.74) is 2.02. The first-order valence-electron chi connectivity index (χ1n) is 7.69. The fourth-order valence-corrected chi connectivity index (χ4v) is 2.25. The van der Waals surface area contributed by atoms with Crippen LogP contribution in [0.25, 0.3) is 0 Å². The van der Waals surface area contributed by atoms with E-state index in [1.165, 1.54) is 12.1 Å². The Bertz CT molecular complexity index is 677. The highest BCUT2D eigenvalue weighted by Gasteiger charge is 2.03. The van der Waals surface area contributed by atoms with Gasteiger partial charge in [-0.1, -0.05) is 29.8 Å². The third-order valence-electron chi connectivity index (χ3n) is 3.34. The van der Waals surface area contributed by atoms with Crippen LogP contribution in [0.2, 0.25) is 5.02 Å². The van der Waals surface area contributed by atoms with Crippen LogP contribution in [0, 0.1) is 12.7 Å². The van der Waals surface area contributed by atoms with Crippen LogP contribution < -0.4 is 15.4 Å². The summed E-state index contributed by atoms with van der Waals surface area (Å²) in [6.45, 7) is 3.12. The van der Waals surface area contributed by atoms with E-state index in [2.05, 4.69) is 10.6 Å². The van der Waals surface area contributed by atoms with Gasteiger partial charge in [0, 0.05) is 6.54 Å². The van der Waals surface area contributed by atoms with Crippen molar-refractivity contribution in [3.05, 3.63) is 64.4 Å². The van der Waals surface area contributed by atoms with Crippen molar-refractivity contribution in [1.29, 1.82) is 0 Å². The first kappa shape index (κ1) is 18.1. The predicted octanol–water partition coefficient (Wildman–Crippen LogP) is 3.71. The number of ether oxygens (including phenoxy) is 1. The summed E-state index contributed by atoms with van der Waals surface area (Å²) in [5, 5.41) is 5.99. The van der Waals surface area contributed by atoms with Crippen LogP contribution in [0.4, 0.5) is 9.18 Å². The van der Waals surface area contributed by atoms with Crippen molar-refractivity contribution < 1.29 is 13.9 Å². The van der Waals surface area contributed by atoms with Crippen LogP contribution >= 0.6 is 11.6 Å². The Labute approximate surface area is 146 Å². The number of nitrogens with one attached hydrogen (secondary N) is 2. The number of benzene rings is 2. The lowest BCUT2D eigenvalue weighted by atomic mass is 10.1. The summed E-state index contributed by atoms with van der Waals surface area (Å²) in [7, 11) is 0. The summed E-state index contributed by atoms with van der Waals surface area (Å²) >= 11 is 6.03. The number of carbonyl (C=O) groups is 1. The average molecular weight is 351 g/mol. The van der Waals surface area contributed by atoms with Gasteiger partial charge in [-0.15, -0.1) is 0 Å². The van der Waals surface area contributed by atoms with Crippen LogP contribution in [0.15, 0.2) is 42.5 Å². The topological polar surface area (TPSA) is 50.4 Å². The molecule has 0 fully saturated rings. The third kappa shape index (κ3) is 6.08. The number of amides is 2. The molecule has 128 valence electrons. The first-order chi connectivity index (χ1) is 11.5. The summed E-state index contributed by atoms with van der Waals surface area (Å²) in [6.07, 6.45) is 0.642. The second-order valence-electron chi connectivity index (χ2n) is 5.34. The van der Waals surface area contributed by atoms with Crippen LogP contribution in [0.3, 0.4) is 0 Å². The highest BCUT2D eigenvalue weighted by atomic mass is 35.5. The molecule has 0 radical (unpaired) electrons. The fourth-order valence-electron chi connectivity index (χ4n) is 2.08. The van der Waals surface area contributed by atoms with E-state index in [0.29, 0.717) is 36.9 Å². The van der Waals surface area contributed by atoms with Crippen molar-refractivity contribution >= 4 is 17.6 Å². The summed E-state index contributed by atoms with van der Waals surface area (Å²) in [6, 6.07) is 11.5. The number of rotatable bonds is 7. The monoisotopic (exact) mass is 350 g/mol. The second-order valence-corrected chi connectivity index (χ2v) is 5.75. The molecule has 2 aromatic rings. The first-order valence-corrected chi connectivity index (χ1v) is 8.07. The number of hydrogen-bond acceptors (Lipinski definition) is 2. The van der Waals surface area contributed by atoms with Gasteiger partial charge < -0.3 is 15.4 Å². The average Bonchev–Trinajstić information content (AvgIpc) is 2.56. The zero-order valence-corrected chi connectivity index (χ0v) is 14.2. The molecule has 0 atom stereocenters. The van der Waals surface area contributed by atoms with E-state index >= 15 is 0 Å². The lowest BCUT2D eigenvalue weighted by molar-refractivity contribution is 0.236. The fraction of sp³-hybridized carbons (Fsp3) is 0.278. The molecule has 0 saturated heterocycles. The van der Waals surface area contributed by atoms with Gasteiger partial charge in [0.05, 0.1) is 11.6 Å². The van der Waals surface area contributed by atoms with Crippen molar-refractivity contribution in [2.75, 3.05) is 19.7 Å². The highest BCUT2D eigenvalue weighted by molar-refractivity contribution is 6.32. The minimum atomic E-state index is -0.268. The molecule has 0 saturated carbocycles. The second kappa shape index (κ2) is 9.13. The Morgan fingerprint density at radius 2 is 1.83 bits per heavy atom. The molecule has 0 unspecified atom stereocenters. The molecule has 0 bridgehead atoms. The minimum Gasteiger partial charge on any atom is -0.490 e. The van der Waals surface area contributed by atoms with Gasteiger partial charge in [0.2, 0.25) is 0 Å². The van der Waals surface area contributed by atoms with Crippen molar-refractivity contribution in [3.8, 4) is 5.75 Å². The van der Waals surface area contributed by atoms with Gasteiger partial charge in [0.15, 0.2) is 0 Å². The predicted molar refractivity (Wildman–Crippen MR) is 93.2 cm³/mol. The third-order valence-corrected chi connectivity index (χ3v) is 3.66. The van der Waals surface area contributed by atoms with Crippen molar-refractivity contribution in [3.63, 3.8) is 0 Å². The maximum absolute atomic E-state index is 12.8. The molecule has 2 N–H and O–H groups in total. The molecule has 0 aliphatic heterocycles. The molecule has 0 aliphatic carbocycles. The summed E-state index contributed by atoms with van der Waals surface area (Å²) in [4.78, 5) is 11.7. The zero-order valence-electron chi connectivity index (χ0n) is 13.4. The van der Waals surface area contributed by atoms with E-state index in [1.807, 2.05) is 19.1 Å². The number of aryl methyl sites for hydroxylation is 1. The Morgan fingerprint density at radius 1 is 1.12 bits per heavy atom. The highest BCUT2D eigenvalue weighted by Crippen LogP contribution is 2.24. The van der Waals surface area contributed by atoms with E-state index in [4.69, 9.17) is 16.3 Å². The largest absolute Gasteiger partial charge is 0.490 e. The normalized spacial score (nSPS) is 10.3. The molecule has 0 aliphatic rings. The van der Waals surface area contributed by atoms with E-state index < -0.39 is 0 Å². The quantitative estimate of drug-likeness (QED) is 0.748. The van der Waals surface area contributed by atoms with Gasteiger partial charge in [-0.3, -0.25) is 0 Å². The maximum Gasteiger partial charge on any atom is 0.314 e. The molecule has 2 rings (SSSR count). The molecule has 0 spiro atoms. The standard InChI is InChI=1S/C18H20ClFN2O2/c1-13-2-7-16(19)17(12-13)24-11-10-22-18(23)21-9-8-14-3-5-15(20)6-4-14/h2-7,12H,8-11H2,1H3,(H2,21,22,23). The maximum atomic E-state index is 12.8. The van der Waals surface area contributed by atoms with Gasteiger partial charge >= 0.3 is 6.03 Å². The van der Waals surface area contributed by atoms with Crippen LogP contribution in [-0.4, -0.2) is 25.7 Å². The summed E-state index contributed by atoms with van der Waals surface area (Å²) in [5.74, 6) is 0.341. The number of hydrogen-bond donors (Lipinski definition) is 2.